The number of carbonyl (C=O) groups is 1. The highest BCUT2D eigenvalue weighted by atomic mass is 16.1. The first-order valence-electron chi connectivity index (χ1n) is 6.94. The van der Waals surface area contributed by atoms with Crippen molar-refractivity contribution in [2.24, 2.45) is 5.73 Å². The molecule has 0 saturated heterocycles. The Labute approximate surface area is 125 Å². The van der Waals surface area contributed by atoms with Crippen LogP contribution >= 0.6 is 0 Å². The van der Waals surface area contributed by atoms with Gasteiger partial charge in [0.2, 0.25) is 5.91 Å². The third-order valence-electron chi connectivity index (χ3n) is 3.36. The molecule has 0 aliphatic heterocycles. The molecule has 0 aliphatic rings. The van der Waals surface area contributed by atoms with Crippen LogP contribution in [0.25, 0.3) is 0 Å². The van der Waals surface area contributed by atoms with Crippen LogP contribution in [0.1, 0.15) is 11.1 Å². The number of anilines is 2. The SMILES string of the molecule is CN(C)c1ccc(NC(=O)Cc2ccccc2CN)cc1. The van der Waals surface area contributed by atoms with Gasteiger partial charge in [0.15, 0.2) is 0 Å². The van der Waals surface area contributed by atoms with Gasteiger partial charge in [-0.1, -0.05) is 24.3 Å². The summed E-state index contributed by atoms with van der Waals surface area (Å²) in [6, 6.07) is 15.5. The maximum atomic E-state index is 12.1. The van der Waals surface area contributed by atoms with Gasteiger partial charge in [-0.3, -0.25) is 4.79 Å². The summed E-state index contributed by atoms with van der Waals surface area (Å²) >= 11 is 0. The van der Waals surface area contributed by atoms with Crippen molar-refractivity contribution in [1.29, 1.82) is 0 Å². The molecule has 0 heterocycles. The van der Waals surface area contributed by atoms with Crippen molar-refractivity contribution in [3.05, 3.63) is 59.7 Å². The van der Waals surface area contributed by atoms with E-state index in [4.69, 9.17) is 5.73 Å². The average molecular weight is 283 g/mol. The smallest absolute Gasteiger partial charge is 0.228 e. The van der Waals surface area contributed by atoms with Crippen LogP contribution in [0.15, 0.2) is 48.5 Å². The second-order valence-corrected chi connectivity index (χ2v) is 5.14. The van der Waals surface area contributed by atoms with Crippen LogP contribution in [0.4, 0.5) is 11.4 Å². The first kappa shape index (κ1) is 15.1. The molecule has 0 atom stereocenters. The second kappa shape index (κ2) is 6.90. The van der Waals surface area contributed by atoms with E-state index in [1.807, 2.05) is 67.5 Å². The first-order chi connectivity index (χ1) is 10.1. The molecule has 1 amide bonds. The lowest BCUT2D eigenvalue weighted by molar-refractivity contribution is -0.115. The summed E-state index contributed by atoms with van der Waals surface area (Å²) in [6.07, 6.45) is 0.336. The molecule has 0 radical (unpaired) electrons. The summed E-state index contributed by atoms with van der Waals surface area (Å²) in [7, 11) is 3.97. The minimum absolute atomic E-state index is 0.0338. The van der Waals surface area contributed by atoms with Gasteiger partial charge in [-0.15, -0.1) is 0 Å². The normalized spacial score (nSPS) is 10.2. The van der Waals surface area contributed by atoms with Crippen LogP contribution in [-0.2, 0) is 17.8 Å². The molecule has 0 aliphatic carbocycles. The van der Waals surface area contributed by atoms with Gasteiger partial charge in [0, 0.05) is 32.0 Å². The van der Waals surface area contributed by atoms with Gasteiger partial charge >= 0.3 is 0 Å². The van der Waals surface area contributed by atoms with Crippen LogP contribution in [0.3, 0.4) is 0 Å². The fourth-order valence-electron chi connectivity index (χ4n) is 2.15. The predicted octanol–water partition coefficient (Wildman–Crippen LogP) is 2.39. The van der Waals surface area contributed by atoms with Crippen molar-refractivity contribution in [3.63, 3.8) is 0 Å². The number of carbonyl (C=O) groups excluding carboxylic acids is 1. The highest BCUT2D eigenvalue weighted by Crippen LogP contribution is 2.16. The summed E-state index contributed by atoms with van der Waals surface area (Å²) in [4.78, 5) is 14.1. The van der Waals surface area contributed by atoms with Crippen LogP contribution in [0, 0.1) is 0 Å². The number of rotatable bonds is 5. The molecule has 0 saturated carbocycles. The van der Waals surface area contributed by atoms with Crippen molar-refractivity contribution in [2.45, 2.75) is 13.0 Å². The van der Waals surface area contributed by atoms with Crippen LogP contribution in [0.2, 0.25) is 0 Å². The first-order valence-corrected chi connectivity index (χ1v) is 6.94. The zero-order valence-electron chi connectivity index (χ0n) is 12.5. The minimum Gasteiger partial charge on any atom is -0.378 e. The summed E-state index contributed by atoms with van der Waals surface area (Å²) in [6.45, 7) is 0.445. The number of amides is 1. The number of benzene rings is 2. The van der Waals surface area contributed by atoms with Gasteiger partial charge in [0.1, 0.15) is 0 Å². The van der Waals surface area contributed by atoms with Crippen molar-refractivity contribution in [3.8, 4) is 0 Å². The number of nitrogens with one attached hydrogen (secondary N) is 1. The highest BCUT2D eigenvalue weighted by Gasteiger charge is 2.07. The van der Waals surface area contributed by atoms with Gasteiger partial charge < -0.3 is 16.0 Å². The predicted molar refractivity (Wildman–Crippen MR) is 87.4 cm³/mol. The summed E-state index contributed by atoms with van der Waals surface area (Å²) < 4.78 is 0. The molecule has 4 nitrogen and oxygen atoms in total. The Balaban J connectivity index is 2.01. The second-order valence-electron chi connectivity index (χ2n) is 5.14. The molecule has 3 N–H and O–H groups in total. The summed E-state index contributed by atoms with van der Waals surface area (Å²) in [5, 5.41) is 2.91. The van der Waals surface area contributed by atoms with E-state index in [9.17, 15) is 4.79 Å². The molecular formula is C17H21N3O. The molecule has 0 unspecified atom stereocenters. The zero-order chi connectivity index (χ0) is 15.2. The largest absolute Gasteiger partial charge is 0.378 e. The minimum atomic E-state index is -0.0338. The summed E-state index contributed by atoms with van der Waals surface area (Å²) in [5.41, 5.74) is 9.57. The molecule has 2 rings (SSSR count). The molecule has 0 aromatic heterocycles. The maximum Gasteiger partial charge on any atom is 0.228 e. The fraction of sp³-hybridized carbons (Fsp3) is 0.235. The van der Waals surface area contributed by atoms with Crippen LogP contribution in [0.5, 0.6) is 0 Å². The van der Waals surface area contributed by atoms with Gasteiger partial charge in [-0.25, -0.2) is 0 Å². The Hall–Kier alpha value is -2.33. The van der Waals surface area contributed by atoms with E-state index in [1.165, 1.54) is 0 Å². The summed E-state index contributed by atoms with van der Waals surface area (Å²) in [5.74, 6) is -0.0338. The number of hydrogen-bond acceptors (Lipinski definition) is 3. The topological polar surface area (TPSA) is 58.4 Å². The maximum absolute atomic E-state index is 12.1. The average Bonchev–Trinajstić information content (AvgIpc) is 2.48. The Morgan fingerprint density at radius 1 is 1.05 bits per heavy atom. The van der Waals surface area contributed by atoms with E-state index < -0.39 is 0 Å². The van der Waals surface area contributed by atoms with Crippen molar-refractivity contribution >= 4 is 17.3 Å². The van der Waals surface area contributed by atoms with Gasteiger partial charge in [-0.2, -0.15) is 0 Å². The molecular weight excluding hydrogens is 262 g/mol. The van der Waals surface area contributed by atoms with E-state index in [0.717, 1.165) is 22.5 Å². The third-order valence-corrected chi connectivity index (χ3v) is 3.36. The lowest BCUT2D eigenvalue weighted by Crippen LogP contribution is -2.16. The molecule has 4 heteroatoms. The Kier molecular flexibility index (Phi) is 4.95. The fourth-order valence-corrected chi connectivity index (χ4v) is 2.15. The number of nitrogens with zero attached hydrogens (tertiary/aromatic N) is 1. The van der Waals surface area contributed by atoms with Crippen LogP contribution in [-0.4, -0.2) is 20.0 Å². The standard InChI is InChI=1S/C17H21N3O/c1-20(2)16-9-7-15(8-10-16)19-17(21)11-13-5-3-4-6-14(13)12-18/h3-10H,11-12,18H2,1-2H3,(H,19,21). The molecule has 0 spiro atoms. The Morgan fingerprint density at radius 3 is 2.24 bits per heavy atom. The van der Waals surface area contributed by atoms with E-state index >= 15 is 0 Å². The third kappa shape index (κ3) is 4.07. The van der Waals surface area contributed by atoms with E-state index in [1.54, 1.807) is 0 Å². The Morgan fingerprint density at radius 2 is 1.67 bits per heavy atom. The van der Waals surface area contributed by atoms with Crippen LogP contribution < -0.4 is 16.0 Å². The monoisotopic (exact) mass is 283 g/mol. The van der Waals surface area contributed by atoms with Gasteiger partial charge in [0.25, 0.3) is 0 Å². The zero-order valence-corrected chi connectivity index (χ0v) is 12.5. The van der Waals surface area contributed by atoms with Crippen molar-refractivity contribution in [1.82, 2.24) is 0 Å². The lowest BCUT2D eigenvalue weighted by Gasteiger charge is -2.13. The molecule has 21 heavy (non-hydrogen) atoms. The molecule has 2 aromatic rings. The molecule has 2 aromatic carbocycles. The van der Waals surface area contributed by atoms with Crippen molar-refractivity contribution < 1.29 is 4.79 Å². The molecule has 110 valence electrons. The highest BCUT2D eigenvalue weighted by molar-refractivity contribution is 5.92. The van der Waals surface area contributed by atoms with E-state index in [0.29, 0.717) is 13.0 Å². The van der Waals surface area contributed by atoms with E-state index in [2.05, 4.69) is 5.32 Å². The van der Waals surface area contributed by atoms with Gasteiger partial charge in [0.05, 0.1) is 6.42 Å². The number of hydrogen-bond donors (Lipinski definition) is 2. The Bertz CT molecular complexity index is 606. The molecule has 0 bridgehead atoms. The quantitative estimate of drug-likeness (QED) is 0.886. The van der Waals surface area contributed by atoms with Crippen molar-refractivity contribution in [2.75, 3.05) is 24.3 Å². The van der Waals surface area contributed by atoms with Gasteiger partial charge in [-0.05, 0) is 35.4 Å². The number of nitrogens with two attached hydrogens (primary N) is 1. The lowest BCUT2D eigenvalue weighted by atomic mass is 10.0. The molecule has 0 fully saturated rings. The van der Waals surface area contributed by atoms with E-state index in [-0.39, 0.29) is 5.91 Å².